The van der Waals surface area contributed by atoms with Gasteiger partial charge in [-0.1, -0.05) is 49.8 Å². The molecule has 0 aromatic heterocycles. The summed E-state index contributed by atoms with van der Waals surface area (Å²) in [4.78, 5) is 0. The molecule has 0 radical (unpaired) electrons. The van der Waals surface area contributed by atoms with Crippen LogP contribution in [0.4, 0.5) is 0 Å². The summed E-state index contributed by atoms with van der Waals surface area (Å²) >= 11 is 0. The van der Waals surface area contributed by atoms with Gasteiger partial charge in [-0.25, -0.2) is 0 Å². The second-order valence-corrected chi connectivity index (χ2v) is 4.38. The Balaban J connectivity index is 1.67. The zero-order valence-corrected chi connectivity index (χ0v) is 9.21. The van der Waals surface area contributed by atoms with Crippen molar-refractivity contribution in [3.63, 3.8) is 0 Å². The summed E-state index contributed by atoms with van der Waals surface area (Å²) in [6.07, 6.45) is 4.23. The van der Waals surface area contributed by atoms with Crippen LogP contribution in [-0.2, 0) is 0 Å². The van der Waals surface area contributed by atoms with Gasteiger partial charge in [0.05, 0.1) is 0 Å². The molecule has 0 atom stereocenters. The Morgan fingerprint density at radius 2 is 2.00 bits per heavy atom. The van der Waals surface area contributed by atoms with E-state index in [-0.39, 0.29) is 0 Å². The van der Waals surface area contributed by atoms with Gasteiger partial charge in [-0.3, -0.25) is 0 Å². The lowest BCUT2D eigenvalue weighted by molar-refractivity contribution is 0.648. The minimum Gasteiger partial charge on any atom is -0.313 e. The third-order valence-electron chi connectivity index (χ3n) is 2.95. The van der Waals surface area contributed by atoms with Gasteiger partial charge in [0, 0.05) is 6.54 Å². The normalized spacial score (nSPS) is 15.2. The second kappa shape index (κ2) is 5.13. The standard InChI is InChI=1S/C14H19N/c1-12(14-5-3-2-4-6-14)11-15-10-9-13-7-8-13/h2-6,13,15H,1,7-11H2. The smallest absolute Gasteiger partial charge is 0.0205 e. The summed E-state index contributed by atoms with van der Waals surface area (Å²) < 4.78 is 0. The molecule has 1 aromatic carbocycles. The van der Waals surface area contributed by atoms with Gasteiger partial charge in [-0.05, 0) is 30.0 Å². The molecule has 1 heteroatoms. The predicted octanol–water partition coefficient (Wildman–Crippen LogP) is 3.09. The van der Waals surface area contributed by atoms with Crippen molar-refractivity contribution in [1.29, 1.82) is 0 Å². The van der Waals surface area contributed by atoms with Crippen molar-refractivity contribution in [3.05, 3.63) is 42.5 Å². The minimum atomic E-state index is 0.913. The highest BCUT2D eigenvalue weighted by Crippen LogP contribution is 2.31. The van der Waals surface area contributed by atoms with E-state index in [9.17, 15) is 0 Å². The largest absolute Gasteiger partial charge is 0.313 e. The van der Waals surface area contributed by atoms with Crippen molar-refractivity contribution in [2.24, 2.45) is 5.92 Å². The first-order valence-electron chi connectivity index (χ1n) is 5.80. The molecule has 80 valence electrons. The van der Waals surface area contributed by atoms with Gasteiger partial charge in [0.25, 0.3) is 0 Å². The maximum absolute atomic E-state index is 4.09. The fourth-order valence-corrected chi connectivity index (χ4v) is 1.73. The first-order valence-corrected chi connectivity index (χ1v) is 5.80. The number of hydrogen-bond donors (Lipinski definition) is 1. The van der Waals surface area contributed by atoms with Gasteiger partial charge >= 0.3 is 0 Å². The highest BCUT2D eigenvalue weighted by atomic mass is 14.8. The van der Waals surface area contributed by atoms with Crippen molar-refractivity contribution in [2.75, 3.05) is 13.1 Å². The van der Waals surface area contributed by atoms with Gasteiger partial charge in [-0.2, -0.15) is 0 Å². The molecule has 1 N–H and O–H groups in total. The summed E-state index contributed by atoms with van der Waals surface area (Å²) in [6.45, 7) is 6.14. The van der Waals surface area contributed by atoms with Crippen LogP contribution in [0, 0.1) is 5.92 Å². The second-order valence-electron chi connectivity index (χ2n) is 4.38. The Hall–Kier alpha value is -1.08. The lowest BCUT2D eigenvalue weighted by atomic mass is 10.1. The molecule has 0 spiro atoms. The number of benzene rings is 1. The van der Waals surface area contributed by atoms with Crippen molar-refractivity contribution >= 4 is 5.57 Å². The molecule has 0 amide bonds. The van der Waals surface area contributed by atoms with Gasteiger partial charge in [0.1, 0.15) is 0 Å². The Labute approximate surface area is 92.2 Å². The average Bonchev–Trinajstić information content (AvgIpc) is 3.09. The maximum atomic E-state index is 4.09. The molecule has 0 heterocycles. The van der Waals surface area contributed by atoms with E-state index in [1.165, 1.54) is 30.4 Å². The van der Waals surface area contributed by atoms with E-state index in [1.54, 1.807) is 0 Å². The summed E-state index contributed by atoms with van der Waals surface area (Å²) in [6, 6.07) is 10.4. The Morgan fingerprint density at radius 3 is 2.67 bits per heavy atom. The molecule has 1 nitrogen and oxygen atoms in total. The Bertz CT molecular complexity index is 311. The van der Waals surface area contributed by atoms with Crippen LogP contribution >= 0.6 is 0 Å². The molecular weight excluding hydrogens is 182 g/mol. The van der Waals surface area contributed by atoms with Crippen LogP contribution in [0.2, 0.25) is 0 Å². The fraction of sp³-hybridized carbons (Fsp3) is 0.429. The van der Waals surface area contributed by atoms with Crippen LogP contribution in [0.3, 0.4) is 0 Å². The van der Waals surface area contributed by atoms with Crippen LogP contribution in [0.1, 0.15) is 24.8 Å². The molecule has 1 fully saturated rings. The summed E-state index contributed by atoms with van der Waals surface area (Å²) in [5.41, 5.74) is 2.43. The fourth-order valence-electron chi connectivity index (χ4n) is 1.73. The highest BCUT2D eigenvalue weighted by Gasteiger charge is 2.19. The molecule has 2 rings (SSSR count). The Morgan fingerprint density at radius 1 is 1.27 bits per heavy atom. The first kappa shape index (κ1) is 10.4. The average molecular weight is 201 g/mol. The zero-order valence-electron chi connectivity index (χ0n) is 9.21. The van der Waals surface area contributed by atoms with E-state index in [4.69, 9.17) is 0 Å². The van der Waals surface area contributed by atoms with Gasteiger partial charge in [0.2, 0.25) is 0 Å². The van der Waals surface area contributed by atoms with Crippen molar-refractivity contribution in [1.82, 2.24) is 5.32 Å². The molecule has 1 aliphatic carbocycles. The van der Waals surface area contributed by atoms with Crippen molar-refractivity contribution in [2.45, 2.75) is 19.3 Å². The maximum Gasteiger partial charge on any atom is 0.0205 e. The van der Waals surface area contributed by atoms with Crippen LogP contribution in [-0.4, -0.2) is 13.1 Å². The van der Waals surface area contributed by atoms with E-state index in [0.29, 0.717) is 0 Å². The lowest BCUT2D eigenvalue weighted by Gasteiger charge is -2.07. The van der Waals surface area contributed by atoms with Gasteiger partial charge in [0.15, 0.2) is 0 Å². The molecular formula is C14H19N. The van der Waals surface area contributed by atoms with Gasteiger partial charge < -0.3 is 5.32 Å². The van der Waals surface area contributed by atoms with Crippen LogP contribution in [0.25, 0.3) is 5.57 Å². The monoisotopic (exact) mass is 201 g/mol. The van der Waals surface area contributed by atoms with E-state index >= 15 is 0 Å². The van der Waals surface area contributed by atoms with Crippen molar-refractivity contribution < 1.29 is 0 Å². The molecule has 1 saturated carbocycles. The zero-order chi connectivity index (χ0) is 10.5. The minimum absolute atomic E-state index is 0.913. The molecule has 0 unspecified atom stereocenters. The van der Waals surface area contributed by atoms with E-state index in [0.717, 1.165) is 19.0 Å². The molecule has 0 saturated heterocycles. The molecule has 1 aromatic rings. The third kappa shape index (κ3) is 3.52. The van der Waals surface area contributed by atoms with Crippen LogP contribution in [0.5, 0.6) is 0 Å². The van der Waals surface area contributed by atoms with E-state index < -0.39 is 0 Å². The molecule has 0 bridgehead atoms. The topological polar surface area (TPSA) is 12.0 Å². The SMILES string of the molecule is C=C(CNCCC1CC1)c1ccccc1. The quantitative estimate of drug-likeness (QED) is 0.697. The molecule has 1 aliphatic rings. The van der Waals surface area contributed by atoms with Crippen LogP contribution < -0.4 is 5.32 Å². The highest BCUT2D eigenvalue weighted by molar-refractivity contribution is 5.64. The van der Waals surface area contributed by atoms with Crippen molar-refractivity contribution in [3.8, 4) is 0 Å². The molecule has 0 aliphatic heterocycles. The summed E-state index contributed by atoms with van der Waals surface area (Å²) in [5, 5.41) is 3.46. The van der Waals surface area contributed by atoms with E-state index in [2.05, 4.69) is 36.2 Å². The third-order valence-corrected chi connectivity index (χ3v) is 2.95. The predicted molar refractivity (Wildman–Crippen MR) is 65.7 cm³/mol. The Kier molecular flexibility index (Phi) is 3.57. The number of rotatable bonds is 6. The number of hydrogen-bond acceptors (Lipinski definition) is 1. The summed E-state index contributed by atoms with van der Waals surface area (Å²) in [7, 11) is 0. The van der Waals surface area contributed by atoms with Crippen LogP contribution in [0.15, 0.2) is 36.9 Å². The first-order chi connectivity index (χ1) is 7.36. The van der Waals surface area contributed by atoms with E-state index in [1.807, 2.05) is 6.07 Å². The van der Waals surface area contributed by atoms with Gasteiger partial charge in [-0.15, -0.1) is 0 Å². The summed E-state index contributed by atoms with van der Waals surface area (Å²) in [5.74, 6) is 1.02. The number of nitrogens with one attached hydrogen (secondary N) is 1. The molecule has 15 heavy (non-hydrogen) atoms. The lowest BCUT2D eigenvalue weighted by Crippen LogP contribution is -2.17.